The van der Waals surface area contributed by atoms with Gasteiger partial charge in [0, 0.05) is 28.9 Å². The zero-order valence-electron chi connectivity index (χ0n) is 25.9. The number of thiazole rings is 2. The van der Waals surface area contributed by atoms with Crippen LogP contribution < -0.4 is 15.0 Å². The average Bonchev–Trinajstić information content (AvgIpc) is 3.87. The molecule has 0 bridgehead atoms. The van der Waals surface area contributed by atoms with Crippen molar-refractivity contribution in [2.24, 2.45) is 0 Å². The van der Waals surface area contributed by atoms with Crippen LogP contribution in [0.15, 0.2) is 85.5 Å². The number of urea groups is 1. The predicted octanol–water partition coefficient (Wildman–Crippen LogP) is 7.24. The molecular weight excluding hydrogens is 661 g/mol. The van der Waals surface area contributed by atoms with Gasteiger partial charge in [0.2, 0.25) is 0 Å². The largest absolute Gasteiger partial charge is 0.494 e. The Morgan fingerprint density at radius 2 is 1.88 bits per heavy atom. The number of nitrogens with zero attached hydrogens (tertiary/aromatic N) is 7. The van der Waals surface area contributed by atoms with E-state index in [-0.39, 0.29) is 11.7 Å². The number of aromatic nitrogens is 6. The van der Waals surface area contributed by atoms with Crippen molar-refractivity contribution in [1.82, 2.24) is 29.7 Å². The van der Waals surface area contributed by atoms with Gasteiger partial charge in [-0.25, -0.2) is 34.2 Å². The van der Waals surface area contributed by atoms with E-state index in [1.54, 1.807) is 22.0 Å². The molecular formula is C35H28N8O4S2. The van der Waals surface area contributed by atoms with Gasteiger partial charge in [0.25, 0.3) is 0 Å². The summed E-state index contributed by atoms with van der Waals surface area (Å²) in [4.78, 5) is 45.4. The minimum absolute atomic E-state index is 0.0442. The first-order valence-electron chi connectivity index (χ1n) is 15.7. The monoisotopic (exact) mass is 688 g/mol. The lowest BCUT2D eigenvalue weighted by Crippen LogP contribution is -2.38. The van der Waals surface area contributed by atoms with Gasteiger partial charge in [0.15, 0.2) is 16.5 Å². The van der Waals surface area contributed by atoms with Crippen molar-refractivity contribution in [3.8, 4) is 22.0 Å². The van der Waals surface area contributed by atoms with Gasteiger partial charge in [-0.2, -0.15) is 5.10 Å². The van der Waals surface area contributed by atoms with Gasteiger partial charge in [-0.1, -0.05) is 35.6 Å². The normalized spacial score (nSPS) is 12.7. The summed E-state index contributed by atoms with van der Waals surface area (Å²) in [6, 6.07) is 21.0. The minimum atomic E-state index is -1.07. The molecule has 3 aromatic carbocycles. The molecule has 1 aliphatic heterocycles. The van der Waals surface area contributed by atoms with Crippen molar-refractivity contribution >= 4 is 66.7 Å². The molecule has 49 heavy (non-hydrogen) atoms. The SMILES string of the molecule is O=C(O)c1nc(-c2ccc3c(c2)N(C(=O)Nc2nc4ccccc4s2)CCC3)sc1CCCOc1ccc(-n2ncc3cncnc32)cc1. The molecule has 14 heteroatoms. The van der Waals surface area contributed by atoms with Gasteiger partial charge in [-0.15, -0.1) is 11.3 Å². The standard InChI is InChI=1S/C35H28N8O4S2/c44-33(45)30-29(8-4-16-47-25-13-11-24(12-14-25)43-31-23(19-38-43)18-36-20-37-31)48-32(40-30)22-10-9-21-5-3-15-42(27(21)17-22)35(46)41-34-39-26-6-1-2-7-28(26)49-34/h1-2,6-7,9-14,17-20H,3-5,8,15-16H2,(H,44,45)(H,39,41,46). The fourth-order valence-corrected chi connectivity index (χ4v) is 7.83. The lowest BCUT2D eigenvalue weighted by atomic mass is 10.00. The Bertz CT molecular complexity index is 2300. The maximum absolute atomic E-state index is 13.4. The molecule has 0 unspecified atom stereocenters. The lowest BCUT2D eigenvalue weighted by Gasteiger charge is -2.29. The van der Waals surface area contributed by atoms with Crippen LogP contribution in [0.5, 0.6) is 5.75 Å². The molecule has 0 saturated carbocycles. The van der Waals surface area contributed by atoms with E-state index in [2.05, 4.69) is 30.4 Å². The first-order chi connectivity index (χ1) is 24.0. The number of carbonyl (C=O) groups excluding carboxylic acids is 1. The van der Waals surface area contributed by atoms with Crippen LogP contribution in [-0.2, 0) is 12.8 Å². The van der Waals surface area contributed by atoms with Crippen molar-refractivity contribution < 1.29 is 19.4 Å². The van der Waals surface area contributed by atoms with Crippen LogP contribution in [-0.4, -0.2) is 60.0 Å². The summed E-state index contributed by atoms with van der Waals surface area (Å²) in [5.41, 5.74) is 5.08. The number of amides is 2. The Morgan fingerprint density at radius 1 is 1.00 bits per heavy atom. The summed E-state index contributed by atoms with van der Waals surface area (Å²) in [6.45, 7) is 0.968. The van der Waals surface area contributed by atoms with Crippen molar-refractivity contribution in [1.29, 1.82) is 0 Å². The second kappa shape index (κ2) is 13.1. The van der Waals surface area contributed by atoms with Gasteiger partial charge >= 0.3 is 12.0 Å². The van der Waals surface area contributed by atoms with Crippen LogP contribution in [0.1, 0.15) is 33.8 Å². The number of carboxylic acids is 1. The lowest BCUT2D eigenvalue weighted by molar-refractivity contribution is 0.0690. The molecule has 0 atom stereocenters. The van der Waals surface area contributed by atoms with E-state index in [1.807, 2.05) is 66.7 Å². The van der Waals surface area contributed by atoms with Gasteiger partial charge < -0.3 is 9.84 Å². The van der Waals surface area contributed by atoms with E-state index in [0.29, 0.717) is 46.8 Å². The van der Waals surface area contributed by atoms with Crippen LogP contribution >= 0.6 is 22.7 Å². The minimum Gasteiger partial charge on any atom is -0.494 e. The average molecular weight is 689 g/mol. The van der Waals surface area contributed by atoms with Crippen LogP contribution in [0.4, 0.5) is 15.6 Å². The molecule has 0 aliphatic carbocycles. The van der Waals surface area contributed by atoms with Crippen molar-refractivity contribution in [3.05, 3.63) is 102 Å². The zero-order chi connectivity index (χ0) is 33.3. The van der Waals surface area contributed by atoms with Gasteiger partial charge in [0.05, 0.1) is 34.1 Å². The quantitative estimate of drug-likeness (QED) is 0.150. The Hall–Kier alpha value is -5.73. The third-order valence-corrected chi connectivity index (χ3v) is 10.3. The number of aromatic carboxylic acids is 1. The third kappa shape index (κ3) is 6.19. The Morgan fingerprint density at radius 3 is 2.73 bits per heavy atom. The second-order valence-corrected chi connectivity index (χ2v) is 13.5. The number of carboxylic acid groups (broad SMARTS) is 1. The summed E-state index contributed by atoms with van der Waals surface area (Å²) in [7, 11) is 0. The van der Waals surface area contributed by atoms with Crippen molar-refractivity contribution in [3.63, 3.8) is 0 Å². The molecule has 12 nitrogen and oxygen atoms in total. The Kier molecular flexibility index (Phi) is 8.15. The number of fused-ring (bicyclic) bond motifs is 3. The molecule has 2 N–H and O–H groups in total. The van der Waals surface area contributed by atoms with Crippen LogP contribution in [0.25, 0.3) is 37.5 Å². The summed E-state index contributed by atoms with van der Waals surface area (Å²) in [5, 5.41) is 19.3. The summed E-state index contributed by atoms with van der Waals surface area (Å²) >= 11 is 2.79. The first-order valence-corrected chi connectivity index (χ1v) is 17.3. The van der Waals surface area contributed by atoms with Gasteiger partial charge in [0.1, 0.15) is 17.1 Å². The zero-order valence-corrected chi connectivity index (χ0v) is 27.6. The second-order valence-electron chi connectivity index (χ2n) is 11.4. The number of carbonyl (C=O) groups is 2. The number of ether oxygens (including phenoxy) is 1. The highest BCUT2D eigenvalue weighted by Crippen LogP contribution is 2.36. The summed E-state index contributed by atoms with van der Waals surface area (Å²) in [5.74, 6) is -0.371. The van der Waals surface area contributed by atoms with Crippen LogP contribution in [0, 0.1) is 0 Å². The molecule has 5 heterocycles. The third-order valence-electron chi connectivity index (χ3n) is 8.23. The van der Waals surface area contributed by atoms with Gasteiger partial charge in [-0.05, 0) is 73.7 Å². The molecule has 2 amide bonds. The summed E-state index contributed by atoms with van der Waals surface area (Å²) in [6.07, 6.45) is 7.73. The number of para-hydroxylation sites is 1. The topological polar surface area (TPSA) is 148 Å². The highest BCUT2D eigenvalue weighted by Gasteiger charge is 2.25. The first kappa shape index (κ1) is 30.6. The number of benzene rings is 3. The number of hydrogen-bond acceptors (Lipinski definition) is 10. The van der Waals surface area contributed by atoms with Crippen molar-refractivity contribution in [2.75, 3.05) is 23.4 Å². The maximum Gasteiger partial charge on any atom is 0.355 e. The van der Waals surface area contributed by atoms with E-state index in [0.717, 1.165) is 56.6 Å². The number of anilines is 2. The number of rotatable bonds is 9. The number of hydrogen-bond donors (Lipinski definition) is 2. The molecule has 4 aromatic heterocycles. The molecule has 0 radical (unpaired) electrons. The van der Waals surface area contributed by atoms with Crippen molar-refractivity contribution in [2.45, 2.75) is 25.7 Å². The highest BCUT2D eigenvalue weighted by atomic mass is 32.1. The van der Waals surface area contributed by atoms with Crippen LogP contribution in [0.3, 0.4) is 0 Å². The number of aryl methyl sites for hydroxylation is 2. The molecule has 244 valence electrons. The van der Waals surface area contributed by atoms with E-state index in [4.69, 9.17) is 4.74 Å². The maximum atomic E-state index is 13.4. The number of nitrogens with one attached hydrogen (secondary N) is 1. The molecule has 0 saturated heterocycles. The fourth-order valence-electron chi connectivity index (χ4n) is 5.89. The molecule has 8 rings (SSSR count). The Balaban J connectivity index is 0.939. The fraction of sp³-hybridized carbons (Fsp3) is 0.171. The molecule has 1 aliphatic rings. The van der Waals surface area contributed by atoms with E-state index in [1.165, 1.54) is 29.0 Å². The molecule has 0 spiro atoms. The van der Waals surface area contributed by atoms with Crippen LogP contribution in [0.2, 0.25) is 0 Å². The molecule has 7 aromatic rings. The van der Waals surface area contributed by atoms with E-state index < -0.39 is 5.97 Å². The Labute approximate surface area is 287 Å². The highest BCUT2D eigenvalue weighted by molar-refractivity contribution is 7.22. The molecule has 0 fully saturated rings. The van der Waals surface area contributed by atoms with E-state index >= 15 is 0 Å². The van der Waals surface area contributed by atoms with E-state index in [9.17, 15) is 14.7 Å². The summed E-state index contributed by atoms with van der Waals surface area (Å²) < 4.78 is 8.72. The smallest absolute Gasteiger partial charge is 0.355 e. The van der Waals surface area contributed by atoms with Gasteiger partial charge in [-0.3, -0.25) is 10.2 Å². The predicted molar refractivity (Wildman–Crippen MR) is 189 cm³/mol.